The van der Waals surface area contributed by atoms with Gasteiger partial charge in [0, 0.05) is 0 Å². The molecule has 0 atom stereocenters. The standard InChI is InChI=1S/C4BrF6IO/c5-1(13)2(12,3(6,7)8)4(9,10)11. The van der Waals surface area contributed by atoms with Gasteiger partial charge in [-0.15, -0.1) is 0 Å². The first-order valence-corrected chi connectivity index (χ1v) is 4.34. The number of hydrogen-bond donors (Lipinski definition) is 0. The van der Waals surface area contributed by atoms with E-state index in [1.54, 1.807) is 15.9 Å². The molecular weight excluding hydrogens is 385 g/mol. The van der Waals surface area contributed by atoms with Crippen LogP contribution in [0.5, 0.6) is 0 Å². The fourth-order valence-corrected chi connectivity index (χ4v) is 0.833. The Morgan fingerprint density at radius 2 is 1.23 bits per heavy atom. The quantitative estimate of drug-likeness (QED) is 0.294. The maximum atomic E-state index is 11.9. The van der Waals surface area contributed by atoms with Crippen LogP contribution in [-0.2, 0) is 4.79 Å². The van der Waals surface area contributed by atoms with Gasteiger partial charge in [0.25, 0.3) is 3.42 Å². The Morgan fingerprint density at radius 3 is 1.23 bits per heavy atom. The fraction of sp³-hybridized carbons (Fsp3) is 0.750. The first-order valence-electron chi connectivity index (χ1n) is 2.47. The summed E-state index contributed by atoms with van der Waals surface area (Å²) < 4.78 is 64.7. The SMILES string of the molecule is O=C(Br)C(I)(C(F)(F)F)C(F)(F)F. The Hall–Kier alpha value is 0.460. The van der Waals surface area contributed by atoms with E-state index in [0.29, 0.717) is 0 Å². The average Bonchev–Trinajstić information content (AvgIpc) is 1.80. The van der Waals surface area contributed by atoms with Crippen molar-refractivity contribution < 1.29 is 31.1 Å². The van der Waals surface area contributed by atoms with E-state index in [4.69, 9.17) is 0 Å². The molecule has 0 spiro atoms. The summed E-state index contributed by atoms with van der Waals surface area (Å²) in [5.41, 5.74) is 0. The van der Waals surface area contributed by atoms with Crippen LogP contribution in [-0.4, -0.2) is 20.5 Å². The van der Waals surface area contributed by atoms with Crippen LogP contribution in [0.25, 0.3) is 0 Å². The van der Waals surface area contributed by atoms with Gasteiger partial charge in [-0.1, -0.05) is 0 Å². The molecule has 9 heteroatoms. The number of rotatable bonds is 1. The van der Waals surface area contributed by atoms with E-state index in [1.165, 1.54) is 0 Å². The molecule has 0 heterocycles. The molecule has 0 aromatic carbocycles. The van der Waals surface area contributed by atoms with Crippen molar-refractivity contribution in [2.45, 2.75) is 15.8 Å². The summed E-state index contributed by atoms with van der Waals surface area (Å²) in [6.07, 6.45) is -11.3. The van der Waals surface area contributed by atoms with E-state index in [2.05, 4.69) is 0 Å². The lowest BCUT2D eigenvalue weighted by Gasteiger charge is -2.28. The molecule has 0 radical (unpaired) electrons. The average molecular weight is 385 g/mol. The van der Waals surface area contributed by atoms with Crippen LogP contribution in [0, 0.1) is 0 Å². The first kappa shape index (κ1) is 13.5. The zero-order valence-corrected chi connectivity index (χ0v) is 9.18. The predicted molar refractivity (Wildman–Crippen MR) is 42.8 cm³/mol. The molecule has 0 bridgehead atoms. The van der Waals surface area contributed by atoms with Crippen molar-refractivity contribution in [3.63, 3.8) is 0 Å². The number of carbonyl (C=O) groups excluding carboxylic acids is 1. The summed E-state index contributed by atoms with van der Waals surface area (Å²) in [6, 6.07) is 0. The largest absolute Gasteiger partial charge is 0.419 e. The van der Waals surface area contributed by atoms with Crippen LogP contribution in [0.2, 0.25) is 0 Å². The zero-order chi connectivity index (χ0) is 11.1. The van der Waals surface area contributed by atoms with Crippen LogP contribution < -0.4 is 0 Å². The summed E-state index contributed by atoms with van der Waals surface area (Å²) in [7, 11) is 0. The van der Waals surface area contributed by atoms with Crippen molar-refractivity contribution >= 4 is 43.2 Å². The molecule has 0 saturated carbocycles. The van der Waals surface area contributed by atoms with Crippen LogP contribution >= 0.6 is 38.5 Å². The highest BCUT2D eigenvalue weighted by atomic mass is 127. The molecule has 0 aliphatic carbocycles. The number of halogens is 8. The summed E-state index contributed by atoms with van der Waals surface area (Å²) >= 11 is 1.71. The van der Waals surface area contributed by atoms with E-state index in [9.17, 15) is 31.1 Å². The van der Waals surface area contributed by atoms with Gasteiger partial charge in [-0.2, -0.15) is 26.3 Å². The number of hydrogen-bond acceptors (Lipinski definition) is 1. The fourth-order valence-electron chi connectivity index (χ4n) is 0.384. The number of carbonyl (C=O) groups is 1. The predicted octanol–water partition coefficient (Wildman–Crippen LogP) is 3.21. The van der Waals surface area contributed by atoms with E-state index >= 15 is 0 Å². The summed E-state index contributed by atoms with van der Waals surface area (Å²) in [6.45, 7) is 0. The van der Waals surface area contributed by atoms with Crippen LogP contribution in [0.3, 0.4) is 0 Å². The highest BCUT2D eigenvalue weighted by Gasteiger charge is 2.73. The Balaban J connectivity index is 5.35. The third-order valence-corrected chi connectivity index (χ3v) is 4.10. The molecule has 1 nitrogen and oxygen atoms in total. The third kappa shape index (κ3) is 2.28. The van der Waals surface area contributed by atoms with Gasteiger partial charge in [0.05, 0.1) is 0 Å². The molecular formula is C4BrF6IO. The Labute approximate surface area is 90.1 Å². The molecule has 0 rings (SSSR count). The normalized spacial score (nSPS) is 14.5. The second-order valence-corrected chi connectivity index (χ2v) is 4.27. The Kier molecular flexibility index (Phi) is 3.68. The first-order chi connectivity index (χ1) is 5.44. The van der Waals surface area contributed by atoms with Gasteiger partial charge in [-0.05, 0) is 38.5 Å². The lowest BCUT2D eigenvalue weighted by atomic mass is 10.1. The molecule has 0 saturated heterocycles. The van der Waals surface area contributed by atoms with Crippen molar-refractivity contribution in [3.05, 3.63) is 0 Å². The van der Waals surface area contributed by atoms with Gasteiger partial charge < -0.3 is 0 Å². The van der Waals surface area contributed by atoms with Gasteiger partial charge in [-0.25, -0.2) is 0 Å². The van der Waals surface area contributed by atoms with Crippen molar-refractivity contribution in [2.75, 3.05) is 0 Å². The molecule has 0 unspecified atom stereocenters. The molecule has 0 aromatic heterocycles. The number of alkyl halides is 7. The molecule has 13 heavy (non-hydrogen) atoms. The van der Waals surface area contributed by atoms with Gasteiger partial charge >= 0.3 is 12.4 Å². The molecule has 0 fully saturated rings. The van der Waals surface area contributed by atoms with E-state index in [1.807, 2.05) is 0 Å². The topological polar surface area (TPSA) is 17.1 Å². The van der Waals surface area contributed by atoms with Crippen molar-refractivity contribution in [3.8, 4) is 0 Å². The van der Waals surface area contributed by atoms with E-state index in [0.717, 1.165) is 0 Å². The minimum absolute atomic E-state index is 0.0318. The lowest BCUT2D eigenvalue weighted by Crippen LogP contribution is -2.55. The molecule has 0 aromatic rings. The molecule has 0 amide bonds. The highest BCUT2D eigenvalue weighted by molar-refractivity contribution is 14.1. The highest BCUT2D eigenvalue weighted by Crippen LogP contribution is 2.51. The molecule has 0 aliphatic rings. The van der Waals surface area contributed by atoms with Crippen LogP contribution in [0.4, 0.5) is 26.3 Å². The van der Waals surface area contributed by atoms with E-state index in [-0.39, 0.29) is 22.6 Å². The molecule has 0 N–H and O–H groups in total. The van der Waals surface area contributed by atoms with Crippen LogP contribution in [0.1, 0.15) is 0 Å². The molecule has 78 valence electrons. The minimum atomic E-state index is -5.67. The third-order valence-electron chi connectivity index (χ3n) is 1.05. The van der Waals surface area contributed by atoms with Gasteiger partial charge in [-0.3, -0.25) is 4.79 Å². The van der Waals surface area contributed by atoms with Gasteiger partial charge in [0.1, 0.15) is 0 Å². The van der Waals surface area contributed by atoms with Crippen molar-refractivity contribution in [2.24, 2.45) is 0 Å². The van der Waals surface area contributed by atoms with Crippen molar-refractivity contribution in [1.29, 1.82) is 0 Å². The second-order valence-electron chi connectivity index (χ2n) is 1.93. The Morgan fingerprint density at radius 1 is 1.00 bits per heavy atom. The monoisotopic (exact) mass is 384 g/mol. The van der Waals surface area contributed by atoms with Gasteiger partial charge in [0.15, 0.2) is 0 Å². The van der Waals surface area contributed by atoms with E-state index < -0.39 is 20.5 Å². The smallest absolute Gasteiger partial charge is 0.284 e. The van der Waals surface area contributed by atoms with Crippen molar-refractivity contribution in [1.82, 2.24) is 0 Å². The maximum Gasteiger partial charge on any atom is 0.419 e. The lowest BCUT2D eigenvalue weighted by molar-refractivity contribution is -0.247. The van der Waals surface area contributed by atoms with Crippen LogP contribution in [0.15, 0.2) is 0 Å². The summed E-state index contributed by atoms with van der Waals surface area (Å²) in [5, 5.41) is 0. The second kappa shape index (κ2) is 3.55. The maximum absolute atomic E-state index is 11.9. The van der Waals surface area contributed by atoms with Gasteiger partial charge in [0.2, 0.25) is 4.69 Å². The summed E-state index contributed by atoms with van der Waals surface area (Å²) in [5.74, 6) is 0. The molecule has 0 aliphatic heterocycles. The minimum Gasteiger partial charge on any atom is -0.284 e. The zero-order valence-electron chi connectivity index (χ0n) is 5.43. The Bertz CT molecular complexity index is 206. The summed E-state index contributed by atoms with van der Waals surface area (Å²) in [4.78, 5) is 10.2.